The van der Waals surface area contributed by atoms with Crippen molar-refractivity contribution >= 4 is 10.0 Å². The van der Waals surface area contributed by atoms with Crippen LogP contribution in [0.5, 0.6) is 0 Å². The third-order valence-electron chi connectivity index (χ3n) is 6.02. The van der Waals surface area contributed by atoms with E-state index in [4.69, 9.17) is 4.74 Å². The number of piperidine rings is 1. The zero-order valence-electron chi connectivity index (χ0n) is 15.3. The van der Waals surface area contributed by atoms with Crippen LogP contribution in [-0.4, -0.2) is 71.8 Å². The molecule has 3 fully saturated rings. The lowest BCUT2D eigenvalue weighted by molar-refractivity contribution is -0.0776. The maximum atomic E-state index is 12.8. The molecule has 0 aliphatic carbocycles. The fraction of sp³-hybridized carbons (Fsp3) is 0.824. The summed E-state index contributed by atoms with van der Waals surface area (Å²) in [5, 5.41) is 4.42. The summed E-state index contributed by atoms with van der Waals surface area (Å²) in [6.45, 7) is 8.05. The second-order valence-corrected chi connectivity index (χ2v) is 9.98. The molecule has 8 heteroatoms. The maximum absolute atomic E-state index is 12.8. The van der Waals surface area contributed by atoms with E-state index in [2.05, 4.69) is 16.9 Å². The SMILES string of the molecule is Cc1cc(S(=O)(=O)N2CC3(CC(N4CCC(C)CC4)CO3)C2)n(C)n1. The van der Waals surface area contributed by atoms with E-state index in [0.29, 0.717) is 24.8 Å². The quantitative estimate of drug-likeness (QED) is 0.796. The molecule has 0 saturated carbocycles. The Hall–Kier alpha value is -0.960. The largest absolute Gasteiger partial charge is 0.371 e. The number of likely N-dealkylation sites (tertiary alicyclic amines) is 1. The van der Waals surface area contributed by atoms with E-state index in [1.165, 1.54) is 21.8 Å². The van der Waals surface area contributed by atoms with Gasteiger partial charge in [-0.1, -0.05) is 6.92 Å². The highest BCUT2D eigenvalue weighted by atomic mass is 32.2. The molecule has 1 aromatic rings. The molecule has 1 spiro atoms. The van der Waals surface area contributed by atoms with Crippen molar-refractivity contribution in [2.24, 2.45) is 13.0 Å². The average molecular weight is 369 g/mol. The molecule has 0 bridgehead atoms. The van der Waals surface area contributed by atoms with Crippen LogP contribution in [0.1, 0.15) is 31.9 Å². The molecule has 1 atom stereocenters. The van der Waals surface area contributed by atoms with Crippen LogP contribution in [0.3, 0.4) is 0 Å². The maximum Gasteiger partial charge on any atom is 0.260 e. The third kappa shape index (κ3) is 3.03. The summed E-state index contributed by atoms with van der Waals surface area (Å²) in [4.78, 5) is 2.54. The van der Waals surface area contributed by atoms with Crippen LogP contribution < -0.4 is 0 Å². The first kappa shape index (κ1) is 17.5. The van der Waals surface area contributed by atoms with Crippen LogP contribution in [0.4, 0.5) is 0 Å². The molecule has 1 aromatic heterocycles. The molecule has 3 saturated heterocycles. The highest BCUT2D eigenvalue weighted by Gasteiger charge is 2.54. The molecule has 0 N–H and O–H groups in total. The molecular formula is C17H28N4O3S. The van der Waals surface area contributed by atoms with Crippen molar-refractivity contribution in [3.63, 3.8) is 0 Å². The molecule has 3 aliphatic heterocycles. The summed E-state index contributed by atoms with van der Waals surface area (Å²) >= 11 is 0. The Morgan fingerprint density at radius 1 is 1.28 bits per heavy atom. The number of aryl methyl sites for hydroxylation is 2. The highest BCUT2D eigenvalue weighted by molar-refractivity contribution is 7.89. The number of rotatable bonds is 3. The minimum absolute atomic E-state index is 0.263. The van der Waals surface area contributed by atoms with Gasteiger partial charge in [-0.15, -0.1) is 0 Å². The van der Waals surface area contributed by atoms with E-state index in [1.807, 2.05) is 0 Å². The van der Waals surface area contributed by atoms with Gasteiger partial charge in [-0.2, -0.15) is 9.40 Å². The van der Waals surface area contributed by atoms with Gasteiger partial charge in [-0.25, -0.2) is 8.42 Å². The van der Waals surface area contributed by atoms with E-state index in [1.54, 1.807) is 20.0 Å². The Morgan fingerprint density at radius 3 is 2.56 bits per heavy atom. The standard InChI is InChI=1S/C17H28N4O3S/c1-13-4-6-20(7-5-13)15-9-17(24-10-15)11-21(12-17)25(22,23)16-8-14(2)18-19(16)3/h8,13,15H,4-7,9-12H2,1-3H3. The number of sulfonamides is 1. The van der Waals surface area contributed by atoms with Gasteiger partial charge in [0.25, 0.3) is 10.0 Å². The highest BCUT2D eigenvalue weighted by Crippen LogP contribution is 2.40. The number of hydrogen-bond donors (Lipinski definition) is 0. The number of ether oxygens (including phenoxy) is 1. The Labute approximate surface area is 150 Å². The van der Waals surface area contributed by atoms with Gasteiger partial charge in [-0.05, 0) is 51.3 Å². The molecule has 4 rings (SSSR count). The predicted octanol–water partition coefficient (Wildman–Crippen LogP) is 0.992. The van der Waals surface area contributed by atoms with Crippen molar-refractivity contribution in [2.75, 3.05) is 32.8 Å². The lowest BCUT2D eigenvalue weighted by Gasteiger charge is -2.46. The first-order valence-corrected chi connectivity index (χ1v) is 10.6. The summed E-state index contributed by atoms with van der Waals surface area (Å²) < 4.78 is 34.7. The molecule has 3 aliphatic rings. The summed E-state index contributed by atoms with van der Waals surface area (Å²) in [7, 11) is -1.81. The molecule has 0 radical (unpaired) electrons. The van der Waals surface area contributed by atoms with Gasteiger partial charge >= 0.3 is 0 Å². The first-order chi connectivity index (χ1) is 11.8. The van der Waals surface area contributed by atoms with Crippen LogP contribution in [0, 0.1) is 12.8 Å². The Kier molecular flexibility index (Phi) is 4.22. The molecule has 1 unspecified atom stereocenters. The van der Waals surface area contributed by atoms with Crippen molar-refractivity contribution in [2.45, 2.75) is 49.8 Å². The fourth-order valence-electron chi connectivity index (χ4n) is 4.40. The van der Waals surface area contributed by atoms with Crippen LogP contribution in [-0.2, 0) is 21.8 Å². The smallest absolute Gasteiger partial charge is 0.260 e. The zero-order valence-corrected chi connectivity index (χ0v) is 16.1. The van der Waals surface area contributed by atoms with E-state index in [9.17, 15) is 8.42 Å². The molecule has 140 valence electrons. The van der Waals surface area contributed by atoms with Crippen LogP contribution in [0.15, 0.2) is 11.1 Å². The molecular weight excluding hydrogens is 340 g/mol. The molecule has 7 nitrogen and oxygen atoms in total. The van der Waals surface area contributed by atoms with E-state index in [0.717, 1.165) is 32.0 Å². The molecule has 0 aromatic carbocycles. The van der Waals surface area contributed by atoms with Crippen molar-refractivity contribution in [1.82, 2.24) is 19.0 Å². The summed E-state index contributed by atoms with van der Waals surface area (Å²) in [5.41, 5.74) is 0.432. The van der Waals surface area contributed by atoms with Crippen LogP contribution in [0.2, 0.25) is 0 Å². The van der Waals surface area contributed by atoms with Crippen molar-refractivity contribution < 1.29 is 13.2 Å². The van der Waals surface area contributed by atoms with Gasteiger partial charge in [-0.3, -0.25) is 9.58 Å². The minimum atomic E-state index is -3.48. The van der Waals surface area contributed by atoms with Crippen molar-refractivity contribution in [1.29, 1.82) is 0 Å². The summed E-state index contributed by atoms with van der Waals surface area (Å²) in [6, 6.07) is 2.07. The second-order valence-electron chi connectivity index (χ2n) is 8.09. The third-order valence-corrected chi connectivity index (χ3v) is 7.87. The average Bonchev–Trinajstić information content (AvgIpc) is 3.10. The fourth-order valence-corrected chi connectivity index (χ4v) is 6.17. The monoisotopic (exact) mass is 368 g/mol. The minimum Gasteiger partial charge on any atom is -0.371 e. The normalized spacial score (nSPS) is 28.5. The number of hydrogen-bond acceptors (Lipinski definition) is 5. The Balaban J connectivity index is 1.39. The molecule has 25 heavy (non-hydrogen) atoms. The Bertz CT molecular complexity index is 746. The van der Waals surface area contributed by atoms with E-state index in [-0.39, 0.29) is 10.6 Å². The first-order valence-electron chi connectivity index (χ1n) is 9.18. The van der Waals surface area contributed by atoms with Gasteiger partial charge in [0.15, 0.2) is 5.03 Å². The number of aromatic nitrogens is 2. The van der Waals surface area contributed by atoms with Crippen molar-refractivity contribution in [3.8, 4) is 0 Å². The summed E-state index contributed by atoms with van der Waals surface area (Å²) in [6.07, 6.45) is 3.45. The number of nitrogens with zero attached hydrogens (tertiary/aromatic N) is 4. The van der Waals surface area contributed by atoms with Crippen molar-refractivity contribution in [3.05, 3.63) is 11.8 Å². The summed E-state index contributed by atoms with van der Waals surface area (Å²) in [5.74, 6) is 0.819. The topological polar surface area (TPSA) is 67.7 Å². The lowest BCUT2D eigenvalue weighted by atomic mass is 9.90. The van der Waals surface area contributed by atoms with Gasteiger partial charge < -0.3 is 4.74 Å². The molecule has 4 heterocycles. The zero-order chi connectivity index (χ0) is 17.8. The van der Waals surface area contributed by atoms with E-state index >= 15 is 0 Å². The lowest BCUT2D eigenvalue weighted by Crippen LogP contribution is -2.63. The van der Waals surface area contributed by atoms with Crippen LogP contribution >= 0.6 is 0 Å². The Morgan fingerprint density at radius 2 is 1.96 bits per heavy atom. The van der Waals surface area contributed by atoms with Crippen LogP contribution in [0.25, 0.3) is 0 Å². The predicted molar refractivity (Wildman–Crippen MR) is 93.8 cm³/mol. The second kappa shape index (κ2) is 6.04. The van der Waals surface area contributed by atoms with Gasteiger partial charge in [0.05, 0.1) is 17.9 Å². The molecule has 0 amide bonds. The van der Waals surface area contributed by atoms with Gasteiger partial charge in [0.1, 0.15) is 0 Å². The van der Waals surface area contributed by atoms with Gasteiger partial charge in [0.2, 0.25) is 0 Å². The van der Waals surface area contributed by atoms with E-state index < -0.39 is 10.0 Å². The van der Waals surface area contributed by atoms with Gasteiger partial charge in [0, 0.05) is 26.2 Å².